The number of anilines is 1. The number of likely N-dealkylation sites (tertiary alicyclic amines) is 1. The Bertz CT molecular complexity index is 685. The molecule has 5 heteroatoms. The highest BCUT2D eigenvalue weighted by molar-refractivity contribution is 7.12. The number of benzene rings is 1. The summed E-state index contributed by atoms with van der Waals surface area (Å²) in [4.78, 5) is 17.1. The van der Waals surface area contributed by atoms with Crippen LogP contribution >= 0.6 is 11.3 Å². The molecule has 1 atom stereocenters. The van der Waals surface area contributed by atoms with Crippen LogP contribution in [0.1, 0.15) is 41.5 Å². The predicted octanol–water partition coefficient (Wildman–Crippen LogP) is 5.34. The summed E-state index contributed by atoms with van der Waals surface area (Å²) in [5.74, 6) is -0.343. The van der Waals surface area contributed by atoms with Gasteiger partial charge in [-0.25, -0.2) is 9.18 Å². The van der Waals surface area contributed by atoms with Gasteiger partial charge in [-0.3, -0.25) is 0 Å². The lowest BCUT2D eigenvalue weighted by Gasteiger charge is -2.29. The van der Waals surface area contributed by atoms with Gasteiger partial charge >= 0.3 is 6.03 Å². The van der Waals surface area contributed by atoms with Crippen molar-refractivity contribution >= 4 is 23.1 Å². The third-order valence-electron chi connectivity index (χ3n) is 4.18. The van der Waals surface area contributed by atoms with Crippen LogP contribution in [-0.2, 0) is 0 Å². The molecule has 122 valence electrons. The second-order valence-electron chi connectivity index (χ2n) is 5.95. The highest BCUT2D eigenvalue weighted by Gasteiger charge is 2.27. The smallest absolute Gasteiger partial charge is 0.317 e. The van der Waals surface area contributed by atoms with E-state index in [-0.39, 0.29) is 17.9 Å². The van der Waals surface area contributed by atoms with Gasteiger partial charge in [-0.1, -0.05) is 18.9 Å². The molecule has 2 aromatic rings. The number of amides is 2. The Morgan fingerprint density at radius 3 is 2.87 bits per heavy atom. The number of carbonyl (C=O) groups is 1. The lowest BCUT2D eigenvalue weighted by Crippen LogP contribution is -2.37. The Labute approximate surface area is 140 Å². The normalized spacial score (nSPS) is 18.5. The molecular formula is C18H21FN2OS. The summed E-state index contributed by atoms with van der Waals surface area (Å²) in [6.45, 7) is 2.82. The van der Waals surface area contributed by atoms with Crippen LogP contribution in [0.25, 0.3) is 0 Å². The first kappa shape index (κ1) is 16.0. The Morgan fingerprint density at radius 2 is 2.13 bits per heavy atom. The summed E-state index contributed by atoms with van der Waals surface area (Å²) >= 11 is 1.75. The molecule has 1 aliphatic rings. The largest absolute Gasteiger partial charge is 0.322 e. The molecule has 0 aliphatic carbocycles. The molecule has 0 bridgehead atoms. The molecule has 1 aliphatic heterocycles. The minimum Gasteiger partial charge on any atom is -0.317 e. The van der Waals surface area contributed by atoms with Gasteiger partial charge in [0.2, 0.25) is 0 Å². The lowest BCUT2D eigenvalue weighted by atomic mass is 10.1. The number of nitrogens with zero attached hydrogens (tertiary/aromatic N) is 1. The fraction of sp³-hybridized carbons (Fsp3) is 0.389. The van der Waals surface area contributed by atoms with Crippen molar-refractivity contribution in [3.05, 3.63) is 52.0 Å². The van der Waals surface area contributed by atoms with Gasteiger partial charge in [0.05, 0.1) is 6.04 Å². The van der Waals surface area contributed by atoms with Crippen LogP contribution in [0, 0.1) is 12.7 Å². The third kappa shape index (κ3) is 3.91. The van der Waals surface area contributed by atoms with Crippen molar-refractivity contribution in [1.82, 2.24) is 4.90 Å². The number of nitrogens with one attached hydrogen (secondary N) is 1. The second-order valence-corrected chi connectivity index (χ2v) is 7.27. The minimum atomic E-state index is -0.343. The maximum Gasteiger partial charge on any atom is 0.322 e. The number of hydrogen-bond donors (Lipinski definition) is 1. The Kier molecular flexibility index (Phi) is 4.96. The van der Waals surface area contributed by atoms with Gasteiger partial charge < -0.3 is 10.2 Å². The van der Waals surface area contributed by atoms with Gasteiger partial charge in [0.15, 0.2) is 0 Å². The summed E-state index contributed by atoms with van der Waals surface area (Å²) in [7, 11) is 0. The van der Waals surface area contributed by atoms with Crippen LogP contribution in [0.15, 0.2) is 36.4 Å². The van der Waals surface area contributed by atoms with Gasteiger partial charge in [0, 0.05) is 22.0 Å². The van der Waals surface area contributed by atoms with Crippen LogP contribution in [0.3, 0.4) is 0 Å². The quantitative estimate of drug-likeness (QED) is 0.790. The average Bonchev–Trinajstić information content (AvgIpc) is 2.81. The van der Waals surface area contributed by atoms with Crippen molar-refractivity contribution in [3.63, 3.8) is 0 Å². The van der Waals surface area contributed by atoms with E-state index in [1.54, 1.807) is 23.5 Å². The van der Waals surface area contributed by atoms with E-state index in [1.807, 2.05) is 4.90 Å². The first-order chi connectivity index (χ1) is 11.1. The topological polar surface area (TPSA) is 32.3 Å². The monoisotopic (exact) mass is 332 g/mol. The molecule has 1 fully saturated rings. The van der Waals surface area contributed by atoms with Gasteiger partial charge in [0.25, 0.3) is 0 Å². The fourth-order valence-corrected chi connectivity index (χ4v) is 4.07. The number of thiophene rings is 1. The van der Waals surface area contributed by atoms with Gasteiger partial charge in [0.1, 0.15) is 5.82 Å². The maximum absolute atomic E-state index is 13.3. The van der Waals surface area contributed by atoms with Crippen molar-refractivity contribution in [1.29, 1.82) is 0 Å². The molecule has 2 amide bonds. The lowest BCUT2D eigenvalue weighted by molar-refractivity contribution is 0.190. The predicted molar refractivity (Wildman–Crippen MR) is 92.4 cm³/mol. The summed E-state index contributed by atoms with van der Waals surface area (Å²) in [5.41, 5.74) is 0.500. The van der Waals surface area contributed by atoms with Gasteiger partial charge in [-0.05, 0) is 50.1 Å². The zero-order valence-electron chi connectivity index (χ0n) is 13.2. The zero-order chi connectivity index (χ0) is 16.2. The molecule has 0 radical (unpaired) electrons. The van der Waals surface area contributed by atoms with E-state index in [9.17, 15) is 9.18 Å². The number of halogens is 1. The Balaban J connectivity index is 1.80. The molecule has 23 heavy (non-hydrogen) atoms. The summed E-state index contributed by atoms with van der Waals surface area (Å²) < 4.78 is 13.3. The SMILES string of the molecule is Cc1ccc([C@H]2CCCCCN2C(=O)Nc2cccc(F)c2)s1. The van der Waals surface area contributed by atoms with Gasteiger partial charge in [-0.15, -0.1) is 11.3 Å². The minimum absolute atomic E-state index is 0.116. The number of carbonyl (C=O) groups excluding carboxylic acids is 1. The Morgan fingerprint density at radius 1 is 1.26 bits per heavy atom. The average molecular weight is 332 g/mol. The van der Waals surface area contributed by atoms with E-state index in [0.29, 0.717) is 5.69 Å². The first-order valence-corrected chi connectivity index (χ1v) is 8.84. The molecule has 1 aromatic heterocycles. The summed E-state index contributed by atoms with van der Waals surface area (Å²) in [6, 6.07) is 10.2. The van der Waals surface area contributed by atoms with E-state index in [0.717, 1.165) is 32.2 Å². The molecule has 0 spiro atoms. The first-order valence-electron chi connectivity index (χ1n) is 8.03. The summed E-state index contributed by atoms with van der Waals surface area (Å²) in [6.07, 6.45) is 4.27. The number of rotatable bonds is 2. The van der Waals surface area contributed by atoms with E-state index < -0.39 is 0 Å². The maximum atomic E-state index is 13.3. The van der Waals surface area contributed by atoms with Crippen molar-refractivity contribution < 1.29 is 9.18 Å². The number of aryl methyl sites for hydroxylation is 1. The van der Waals surface area contributed by atoms with Crippen LogP contribution in [0.4, 0.5) is 14.9 Å². The number of hydrogen-bond acceptors (Lipinski definition) is 2. The van der Waals surface area contributed by atoms with Crippen molar-refractivity contribution in [2.45, 2.75) is 38.6 Å². The second kappa shape index (κ2) is 7.13. The molecular weight excluding hydrogens is 311 g/mol. The summed E-state index contributed by atoms with van der Waals surface area (Å²) in [5, 5.41) is 2.84. The molecule has 3 nitrogen and oxygen atoms in total. The van der Waals surface area contributed by atoms with Crippen LogP contribution in [0.2, 0.25) is 0 Å². The molecule has 2 heterocycles. The standard InChI is InChI=1S/C18H21FN2OS/c1-13-9-10-17(23-13)16-8-3-2-4-11-21(16)18(22)20-15-7-5-6-14(19)12-15/h5-7,9-10,12,16H,2-4,8,11H2,1H3,(H,20,22)/t16-/m1/s1. The molecule has 3 rings (SSSR count). The van der Waals surface area contributed by atoms with E-state index in [1.165, 1.54) is 21.9 Å². The van der Waals surface area contributed by atoms with Crippen molar-refractivity contribution in [2.24, 2.45) is 0 Å². The molecule has 0 unspecified atom stereocenters. The Hall–Kier alpha value is -1.88. The van der Waals surface area contributed by atoms with Crippen molar-refractivity contribution in [3.8, 4) is 0 Å². The van der Waals surface area contributed by atoms with E-state index >= 15 is 0 Å². The van der Waals surface area contributed by atoms with E-state index in [4.69, 9.17) is 0 Å². The zero-order valence-corrected chi connectivity index (χ0v) is 14.0. The van der Waals surface area contributed by atoms with Crippen LogP contribution in [0.5, 0.6) is 0 Å². The van der Waals surface area contributed by atoms with Crippen LogP contribution in [-0.4, -0.2) is 17.5 Å². The highest BCUT2D eigenvalue weighted by Crippen LogP contribution is 2.34. The fourth-order valence-electron chi connectivity index (χ4n) is 3.04. The van der Waals surface area contributed by atoms with Crippen molar-refractivity contribution in [2.75, 3.05) is 11.9 Å². The number of urea groups is 1. The molecule has 1 saturated heterocycles. The molecule has 0 saturated carbocycles. The third-order valence-corrected chi connectivity index (χ3v) is 5.28. The highest BCUT2D eigenvalue weighted by atomic mass is 32.1. The molecule has 1 N–H and O–H groups in total. The van der Waals surface area contributed by atoms with Crippen LogP contribution < -0.4 is 5.32 Å². The van der Waals surface area contributed by atoms with E-state index in [2.05, 4.69) is 24.4 Å². The molecule has 1 aromatic carbocycles. The van der Waals surface area contributed by atoms with Gasteiger partial charge in [-0.2, -0.15) is 0 Å².